The van der Waals surface area contributed by atoms with Gasteiger partial charge >= 0.3 is 0 Å². The molecule has 2 aromatic rings. The van der Waals surface area contributed by atoms with Crippen molar-refractivity contribution in [3.05, 3.63) is 65.2 Å². The Hall–Kier alpha value is -1.30. The van der Waals surface area contributed by atoms with Gasteiger partial charge in [0, 0.05) is 39.3 Å². The number of hydrogen-bond acceptors (Lipinski definition) is 4. The minimum absolute atomic E-state index is 0. The number of aliphatic hydroxyl groups excluding tert-OH is 1. The largest absolute Gasteiger partial charge is 1.00 e. The van der Waals surface area contributed by atoms with Crippen molar-refractivity contribution in [3.63, 3.8) is 0 Å². The molecule has 1 atom stereocenters. The lowest BCUT2D eigenvalue weighted by Gasteiger charge is -2.35. The monoisotopic (exact) mass is 452 g/mol. The molecule has 0 amide bonds. The van der Waals surface area contributed by atoms with Crippen molar-refractivity contribution in [2.24, 2.45) is 0 Å². The maximum atomic E-state index is 10.5. The second-order valence-corrected chi connectivity index (χ2v) is 8.22. The highest BCUT2D eigenvalue weighted by atomic mass is 35.5. The Bertz CT molecular complexity index is 735. The first-order valence-corrected chi connectivity index (χ1v) is 10.4. The molecular formula is C24H34Cl2N2O2-2. The Morgan fingerprint density at radius 3 is 2.20 bits per heavy atom. The number of aryl methyl sites for hydroxylation is 1. The standard InChI is InChI=1S/C24H34N2O2.2ClH/c1-19(2)23-10-9-20(3)15-24(23)28-18-22(27)17-26-13-11-25(12-14-26)16-21-7-5-4-6-8-21;;/h4-10,15,19,22,27H,11-14,16-18H2,1-3H3;2*1H/p-2. The molecule has 6 heteroatoms. The van der Waals surface area contributed by atoms with E-state index in [4.69, 9.17) is 4.74 Å². The molecule has 168 valence electrons. The van der Waals surface area contributed by atoms with E-state index in [-0.39, 0.29) is 24.8 Å². The number of hydrogen-bond donors (Lipinski definition) is 1. The van der Waals surface area contributed by atoms with Crippen LogP contribution < -0.4 is 29.6 Å². The van der Waals surface area contributed by atoms with Crippen LogP contribution >= 0.6 is 0 Å². The summed E-state index contributed by atoms with van der Waals surface area (Å²) in [4.78, 5) is 4.82. The van der Waals surface area contributed by atoms with E-state index < -0.39 is 6.10 Å². The number of nitrogens with zero attached hydrogens (tertiary/aromatic N) is 2. The van der Waals surface area contributed by atoms with Gasteiger partial charge in [0.15, 0.2) is 0 Å². The van der Waals surface area contributed by atoms with E-state index in [1.54, 1.807) is 0 Å². The predicted molar refractivity (Wildman–Crippen MR) is 115 cm³/mol. The first kappa shape index (κ1) is 26.7. The van der Waals surface area contributed by atoms with E-state index >= 15 is 0 Å². The lowest BCUT2D eigenvalue weighted by molar-refractivity contribution is -0.001000. The van der Waals surface area contributed by atoms with Gasteiger partial charge in [-0.15, -0.1) is 0 Å². The number of piperazine rings is 1. The average Bonchev–Trinajstić information content (AvgIpc) is 2.68. The molecule has 1 aliphatic rings. The number of β-amino-alcohol motifs (C(OH)–C–C–N with tert-alkyl or cyclic N) is 1. The molecule has 4 nitrogen and oxygen atoms in total. The third-order valence-electron chi connectivity index (χ3n) is 5.41. The SMILES string of the molecule is Cc1ccc(C(C)C)c(OCC(O)CN2CCN(Cc3ccccc3)CC2)c1.[Cl-].[Cl-]. The van der Waals surface area contributed by atoms with Gasteiger partial charge in [-0.3, -0.25) is 9.80 Å². The molecule has 0 spiro atoms. The van der Waals surface area contributed by atoms with Crippen LogP contribution in [0.15, 0.2) is 48.5 Å². The van der Waals surface area contributed by atoms with Crippen LogP contribution in [0.3, 0.4) is 0 Å². The molecule has 0 saturated carbocycles. The zero-order valence-electron chi connectivity index (χ0n) is 18.2. The molecule has 0 aromatic heterocycles. The fraction of sp³-hybridized carbons (Fsp3) is 0.500. The van der Waals surface area contributed by atoms with Crippen molar-refractivity contribution < 1.29 is 34.7 Å². The molecule has 2 aromatic carbocycles. The van der Waals surface area contributed by atoms with Crippen LogP contribution in [0.5, 0.6) is 5.75 Å². The smallest absolute Gasteiger partial charge is 0.123 e. The summed E-state index contributed by atoms with van der Waals surface area (Å²) >= 11 is 0. The van der Waals surface area contributed by atoms with Gasteiger partial charge in [-0.2, -0.15) is 0 Å². The molecular weight excluding hydrogens is 419 g/mol. The summed E-state index contributed by atoms with van der Waals surface area (Å²) in [5.74, 6) is 1.31. The molecule has 0 radical (unpaired) electrons. The highest BCUT2D eigenvalue weighted by molar-refractivity contribution is 5.39. The molecule has 30 heavy (non-hydrogen) atoms. The normalized spacial score (nSPS) is 15.9. The molecule has 1 heterocycles. The molecule has 1 fully saturated rings. The van der Waals surface area contributed by atoms with Gasteiger partial charge in [0.1, 0.15) is 18.5 Å². The molecule has 3 rings (SSSR count). The van der Waals surface area contributed by atoms with Gasteiger partial charge < -0.3 is 34.7 Å². The van der Waals surface area contributed by atoms with Crippen LogP contribution in [-0.4, -0.2) is 60.3 Å². The van der Waals surface area contributed by atoms with Gasteiger partial charge in [-0.25, -0.2) is 0 Å². The van der Waals surface area contributed by atoms with E-state index in [9.17, 15) is 5.11 Å². The molecule has 1 saturated heterocycles. The highest BCUT2D eigenvalue weighted by Gasteiger charge is 2.20. The summed E-state index contributed by atoms with van der Waals surface area (Å²) in [5, 5.41) is 10.5. The van der Waals surface area contributed by atoms with Crippen LogP contribution in [0, 0.1) is 6.92 Å². The predicted octanol–water partition coefficient (Wildman–Crippen LogP) is -2.32. The summed E-state index contributed by atoms with van der Waals surface area (Å²) in [7, 11) is 0. The highest BCUT2D eigenvalue weighted by Crippen LogP contribution is 2.27. The minimum Gasteiger partial charge on any atom is -1.00 e. The zero-order valence-corrected chi connectivity index (χ0v) is 19.7. The fourth-order valence-corrected chi connectivity index (χ4v) is 3.75. The number of aliphatic hydroxyl groups is 1. The summed E-state index contributed by atoms with van der Waals surface area (Å²) in [6.07, 6.45) is -0.471. The lowest BCUT2D eigenvalue weighted by atomic mass is 10.0. The van der Waals surface area contributed by atoms with Crippen molar-refractivity contribution in [2.75, 3.05) is 39.3 Å². The van der Waals surface area contributed by atoms with E-state index in [1.807, 2.05) is 0 Å². The second kappa shape index (κ2) is 13.2. The van der Waals surface area contributed by atoms with Gasteiger partial charge in [0.05, 0.1) is 0 Å². The van der Waals surface area contributed by atoms with Crippen LogP contribution in [0.2, 0.25) is 0 Å². The summed E-state index contributed by atoms with van der Waals surface area (Å²) < 4.78 is 6.00. The van der Waals surface area contributed by atoms with Gasteiger partial charge in [-0.05, 0) is 35.6 Å². The maximum Gasteiger partial charge on any atom is 0.123 e. The van der Waals surface area contributed by atoms with Crippen LogP contribution in [0.25, 0.3) is 0 Å². The molecule has 1 aliphatic heterocycles. The number of halogens is 2. The maximum absolute atomic E-state index is 10.5. The van der Waals surface area contributed by atoms with Gasteiger partial charge in [0.25, 0.3) is 0 Å². The second-order valence-electron chi connectivity index (χ2n) is 8.22. The van der Waals surface area contributed by atoms with E-state index in [0.717, 1.165) is 38.5 Å². The van der Waals surface area contributed by atoms with E-state index in [1.165, 1.54) is 16.7 Å². The zero-order chi connectivity index (χ0) is 19.9. The van der Waals surface area contributed by atoms with Crippen molar-refractivity contribution in [1.82, 2.24) is 9.80 Å². The summed E-state index contributed by atoms with van der Waals surface area (Å²) in [6.45, 7) is 12.5. The number of benzene rings is 2. The Morgan fingerprint density at radius 1 is 0.933 bits per heavy atom. The lowest BCUT2D eigenvalue weighted by Crippen LogP contribution is -3.00. The van der Waals surface area contributed by atoms with Gasteiger partial charge in [-0.1, -0.05) is 56.3 Å². The van der Waals surface area contributed by atoms with Crippen LogP contribution in [-0.2, 0) is 6.54 Å². The Labute approximate surface area is 194 Å². The Balaban J connectivity index is 0.00000225. The molecule has 0 bridgehead atoms. The van der Waals surface area contributed by atoms with Crippen molar-refractivity contribution in [2.45, 2.75) is 39.3 Å². The first-order chi connectivity index (χ1) is 13.5. The van der Waals surface area contributed by atoms with Gasteiger partial charge in [0.2, 0.25) is 0 Å². The first-order valence-electron chi connectivity index (χ1n) is 10.4. The van der Waals surface area contributed by atoms with E-state index in [2.05, 4.69) is 79.1 Å². The average molecular weight is 453 g/mol. The fourth-order valence-electron chi connectivity index (χ4n) is 3.75. The third-order valence-corrected chi connectivity index (χ3v) is 5.41. The van der Waals surface area contributed by atoms with Crippen LogP contribution in [0.1, 0.15) is 36.5 Å². The quantitative estimate of drug-likeness (QED) is 0.487. The molecule has 0 aliphatic carbocycles. The number of rotatable bonds is 8. The number of ether oxygens (including phenoxy) is 1. The minimum atomic E-state index is -0.471. The Morgan fingerprint density at radius 2 is 1.57 bits per heavy atom. The van der Waals surface area contributed by atoms with Crippen LogP contribution in [0.4, 0.5) is 0 Å². The van der Waals surface area contributed by atoms with E-state index in [0.29, 0.717) is 19.1 Å². The Kier molecular flexibility index (Phi) is 11.7. The van der Waals surface area contributed by atoms with Crippen molar-refractivity contribution >= 4 is 0 Å². The third kappa shape index (κ3) is 8.09. The topological polar surface area (TPSA) is 35.9 Å². The molecule has 1 unspecified atom stereocenters. The molecule has 1 N–H and O–H groups in total. The summed E-state index contributed by atoms with van der Waals surface area (Å²) in [5.41, 5.74) is 3.75. The van der Waals surface area contributed by atoms with Crippen molar-refractivity contribution in [1.29, 1.82) is 0 Å². The van der Waals surface area contributed by atoms with Crippen molar-refractivity contribution in [3.8, 4) is 5.75 Å². The summed E-state index contributed by atoms with van der Waals surface area (Å²) in [6, 6.07) is 17.0.